The second kappa shape index (κ2) is 8.78. The minimum Gasteiger partial charge on any atom is -0.339 e. The normalized spacial score (nSPS) is 15.6. The molecule has 0 radical (unpaired) electrons. The van der Waals surface area contributed by atoms with E-state index < -0.39 is 10.0 Å². The molecule has 1 aliphatic heterocycles. The number of nitrogens with zero attached hydrogens (tertiary/aromatic N) is 2. The van der Waals surface area contributed by atoms with Gasteiger partial charge in [0.2, 0.25) is 15.9 Å². The maximum Gasteiger partial charge on any atom is 0.243 e. The average Bonchev–Trinajstić information content (AvgIpc) is 2.61. The SMILES string of the molecule is CCCCN(CC(=O)N1CCNCC1)S(=O)(=O)c1ccc(C)c(C)c1. The zero-order chi connectivity index (χ0) is 18.4. The Morgan fingerprint density at radius 3 is 2.48 bits per heavy atom. The second-order valence-electron chi connectivity index (χ2n) is 6.57. The highest BCUT2D eigenvalue weighted by Gasteiger charge is 2.28. The molecule has 7 heteroatoms. The van der Waals surface area contributed by atoms with Gasteiger partial charge < -0.3 is 10.2 Å². The molecule has 0 aromatic heterocycles. The van der Waals surface area contributed by atoms with Crippen LogP contribution in [0.2, 0.25) is 0 Å². The fourth-order valence-electron chi connectivity index (χ4n) is 2.81. The number of hydrogen-bond acceptors (Lipinski definition) is 4. The lowest BCUT2D eigenvalue weighted by atomic mass is 10.1. The molecule has 25 heavy (non-hydrogen) atoms. The largest absolute Gasteiger partial charge is 0.339 e. The number of carbonyl (C=O) groups excluding carboxylic acids is 1. The van der Waals surface area contributed by atoms with E-state index in [1.165, 1.54) is 4.31 Å². The highest BCUT2D eigenvalue weighted by molar-refractivity contribution is 7.89. The molecule has 1 aromatic rings. The molecule has 2 rings (SSSR count). The fourth-order valence-corrected chi connectivity index (χ4v) is 4.32. The molecule has 0 atom stereocenters. The van der Waals surface area contributed by atoms with Crippen LogP contribution in [0.25, 0.3) is 0 Å². The first-order valence-electron chi connectivity index (χ1n) is 8.92. The summed E-state index contributed by atoms with van der Waals surface area (Å²) < 4.78 is 27.5. The molecule has 1 N–H and O–H groups in total. The Kier molecular flexibility index (Phi) is 6.98. The van der Waals surface area contributed by atoms with Crippen LogP contribution in [0.15, 0.2) is 23.1 Å². The number of piperazine rings is 1. The maximum atomic E-state index is 13.1. The van der Waals surface area contributed by atoms with E-state index in [4.69, 9.17) is 0 Å². The van der Waals surface area contributed by atoms with E-state index in [2.05, 4.69) is 5.32 Å². The number of benzene rings is 1. The van der Waals surface area contributed by atoms with Crippen LogP contribution < -0.4 is 5.32 Å². The molecule has 1 fully saturated rings. The first kappa shape index (κ1) is 19.9. The van der Waals surface area contributed by atoms with Crippen molar-refractivity contribution in [2.75, 3.05) is 39.3 Å². The first-order chi connectivity index (χ1) is 11.9. The molecule has 1 heterocycles. The first-order valence-corrected chi connectivity index (χ1v) is 10.4. The molecule has 1 saturated heterocycles. The topological polar surface area (TPSA) is 69.7 Å². The summed E-state index contributed by atoms with van der Waals surface area (Å²) in [5.74, 6) is -0.120. The molecule has 140 valence electrons. The van der Waals surface area contributed by atoms with Crippen molar-refractivity contribution < 1.29 is 13.2 Å². The number of aryl methyl sites for hydroxylation is 2. The summed E-state index contributed by atoms with van der Waals surface area (Å²) in [6, 6.07) is 5.14. The lowest BCUT2D eigenvalue weighted by molar-refractivity contribution is -0.131. The van der Waals surface area contributed by atoms with Crippen LogP contribution in [0.1, 0.15) is 30.9 Å². The molecular weight excluding hydrogens is 338 g/mol. The van der Waals surface area contributed by atoms with Crippen LogP contribution in [0.5, 0.6) is 0 Å². The minimum atomic E-state index is -3.68. The predicted octanol–water partition coefficient (Wildman–Crippen LogP) is 1.53. The van der Waals surface area contributed by atoms with Crippen molar-refractivity contribution in [3.05, 3.63) is 29.3 Å². The van der Waals surface area contributed by atoms with Crippen LogP contribution in [0, 0.1) is 13.8 Å². The van der Waals surface area contributed by atoms with Crippen molar-refractivity contribution in [2.45, 2.75) is 38.5 Å². The van der Waals surface area contributed by atoms with E-state index in [0.717, 1.165) is 37.1 Å². The number of nitrogens with one attached hydrogen (secondary N) is 1. The Labute approximate surface area is 151 Å². The van der Waals surface area contributed by atoms with E-state index in [1.54, 1.807) is 17.0 Å². The molecule has 0 aliphatic carbocycles. The Balaban J connectivity index is 2.21. The van der Waals surface area contributed by atoms with E-state index >= 15 is 0 Å². The van der Waals surface area contributed by atoms with Crippen LogP contribution >= 0.6 is 0 Å². The third-order valence-corrected chi connectivity index (χ3v) is 6.50. The smallest absolute Gasteiger partial charge is 0.243 e. The maximum absolute atomic E-state index is 13.1. The lowest BCUT2D eigenvalue weighted by Gasteiger charge is -2.30. The van der Waals surface area contributed by atoms with Crippen molar-refractivity contribution in [2.24, 2.45) is 0 Å². The summed E-state index contributed by atoms with van der Waals surface area (Å²) in [6.45, 7) is 8.91. The zero-order valence-corrected chi connectivity index (χ0v) is 16.2. The molecule has 1 aromatic carbocycles. The highest BCUT2D eigenvalue weighted by Crippen LogP contribution is 2.20. The summed E-state index contributed by atoms with van der Waals surface area (Å²) in [4.78, 5) is 14.6. The van der Waals surface area contributed by atoms with E-state index in [9.17, 15) is 13.2 Å². The summed E-state index contributed by atoms with van der Waals surface area (Å²) in [6.07, 6.45) is 1.61. The van der Waals surface area contributed by atoms with Gasteiger partial charge >= 0.3 is 0 Å². The third-order valence-electron chi connectivity index (χ3n) is 4.66. The summed E-state index contributed by atoms with van der Waals surface area (Å²) in [5, 5.41) is 3.20. The highest BCUT2D eigenvalue weighted by atomic mass is 32.2. The van der Waals surface area contributed by atoms with Gasteiger partial charge in [0.1, 0.15) is 0 Å². The summed E-state index contributed by atoms with van der Waals surface area (Å²) in [5.41, 5.74) is 1.99. The summed E-state index contributed by atoms with van der Waals surface area (Å²) >= 11 is 0. The quantitative estimate of drug-likeness (QED) is 0.793. The van der Waals surface area contributed by atoms with Crippen LogP contribution in [-0.4, -0.2) is 62.8 Å². The van der Waals surface area contributed by atoms with Crippen LogP contribution in [0.4, 0.5) is 0 Å². The second-order valence-corrected chi connectivity index (χ2v) is 8.51. The molecule has 0 spiro atoms. The van der Waals surface area contributed by atoms with Gasteiger partial charge in [-0.3, -0.25) is 4.79 Å². The Morgan fingerprint density at radius 2 is 1.88 bits per heavy atom. The van der Waals surface area contributed by atoms with Crippen molar-refractivity contribution in [3.8, 4) is 0 Å². The number of carbonyl (C=O) groups is 1. The predicted molar refractivity (Wildman–Crippen MR) is 99.0 cm³/mol. The number of unbranched alkanes of at least 4 members (excludes halogenated alkanes) is 1. The molecule has 0 bridgehead atoms. The van der Waals surface area contributed by atoms with Gasteiger partial charge in [-0.2, -0.15) is 4.31 Å². The molecule has 1 amide bonds. The third kappa shape index (κ3) is 5.03. The van der Waals surface area contributed by atoms with Gasteiger partial charge in [0, 0.05) is 32.7 Å². The molecule has 0 unspecified atom stereocenters. The Morgan fingerprint density at radius 1 is 1.20 bits per heavy atom. The van der Waals surface area contributed by atoms with Crippen molar-refractivity contribution in [3.63, 3.8) is 0 Å². The van der Waals surface area contributed by atoms with Crippen LogP contribution in [0.3, 0.4) is 0 Å². The molecule has 6 nitrogen and oxygen atoms in total. The minimum absolute atomic E-state index is 0.0880. The number of rotatable bonds is 7. The summed E-state index contributed by atoms with van der Waals surface area (Å²) in [7, 11) is -3.68. The van der Waals surface area contributed by atoms with Gasteiger partial charge in [-0.1, -0.05) is 19.4 Å². The molecular formula is C18H29N3O3S. The Bertz CT molecular complexity index is 698. The van der Waals surface area contributed by atoms with E-state index in [-0.39, 0.29) is 17.3 Å². The van der Waals surface area contributed by atoms with Gasteiger partial charge in [0.25, 0.3) is 0 Å². The standard InChI is InChI=1S/C18H29N3O3S/c1-4-5-10-21(14-18(22)20-11-8-19-9-12-20)25(23,24)17-7-6-15(2)16(3)13-17/h6-7,13,19H,4-5,8-12,14H2,1-3H3. The van der Waals surface area contributed by atoms with E-state index in [1.807, 2.05) is 26.8 Å². The molecule has 1 aliphatic rings. The fraction of sp³-hybridized carbons (Fsp3) is 0.611. The van der Waals surface area contributed by atoms with Gasteiger partial charge in [-0.25, -0.2) is 8.42 Å². The lowest BCUT2D eigenvalue weighted by Crippen LogP contribution is -2.50. The van der Waals surface area contributed by atoms with Crippen LogP contribution in [-0.2, 0) is 14.8 Å². The van der Waals surface area contributed by atoms with E-state index in [0.29, 0.717) is 19.6 Å². The van der Waals surface area contributed by atoms with Crippen molar-refractivity contribution >= 4 is 15.9 Å². The van der Waals surface area contributed by atoms with Gasteiger partial charge in [0.05, 0.1) is 11.4 Å². The Hall–Kier alpha value is -1.44. The molecule has 0 saturated carbocycles. The average molecular weight is 368 g/mol. The van der Waals surface area contributed by atoms with Gasteiger partial charge in [-0.05, 0) is 43.5 Å². The zero-order valence-electron chi connectivity index (χ0n) is 15.4. The van der Waals surface area contributed by atoms with Crippen molar-refractivity contribution in [1.29, 1.82) is 0 Å². The number of amides is 1. The number of sulfonamides is 1. The van der Waals surface area contributed by atoms with Gasteiger partial charge in [0.15, 0.2) is 0 Å². The van der Waals surface area contributed by atoms with Crippen molar-refractivity contribution in [1.82, 2.24) is 14.5 Å². The monoisotopic (exact) mass is 367 g/mol. The number of hydrogen-bond donors (Lipinski definition) is 1. The van der Waals surface area contributed by atoms with Gasteiger partial charge in [-0.15, -0.1) is 0 Å².